The standard InChI is InChI=1S/C8H15NO/c1-3-4-5-6-8(2,9)7-10/h3,7H,1,4-6,9H2,2H3/t8-/m0/s1. The van der Waals surface area contributed by atoms with Gasteiger partial charge in [-0.15, -0.1) is 6.58 Å². The van der Waals surface area contributed by atoms with Crippen molar-refractivity contribution in [2.45, 2.75) is 31.7 Å². The van der Waals surface area contributed by atoms with E-state index < -0.39 is 5.54 Å². The van der Waals surface area contributed by atoms with Gasteiger partial charge in [-0.05, 0) is 26.2 Å². The van der Waals surface area contributed by atoms with E-state index in [4.69, 9.17) is 5.73 Å². The van der Waals surface area contributed by atoms with E-state index in [9.17, 15) is 4.79 Å². The molecule has 0 saturated heterocycles. The molecule has 0 fully saturated rings. The Balaban J connectivity index is 3.46. The molecular weight excluding hydrogens is 126 g/mol. The normalized spacial score (nSPS) is 15.8. The molecule has 0 bridgehead atoms. The van der Waals surface area contributed by atoms with Crippen molar-refractivity contribution in [2.75, 3.05) is 0 Å². The lowest BCUT2D eigenvalue weighted by Crippen LogP contribution is -2.37. The number of rotatable bonds is 5. The number of allylic oxidation sites excluding steroid dienone is 1. The maximum absolute atomic E-state index is 10.3. The van der Waals surface area contributed by atoms with Crippen molar-refractivity contribution in [3.8, 4) is 0 Å². The Morgan fingerprint density at radius 2 is 2.30 bits per heavy atom. The quantitative estimate of drug-likeness (QED) is 0.356. The Hall–Kier alpha value is -0.630. The fourth-order valence-electron chi connectivity index (χ4n) is 0.686. The van der Waals surface area contributed by atoms with Gasteiger partial charge in [0.25, 0.3) is 0 Å². The van der Waals surface area contributed by atoms with Gasteiger partial charge in [0.05, 0.1) is 5.54 Å². The summed E-state index contributed by atoms with van der Waals surface area (Å²) in [6, 6.07) is 0. The molecule has 0 heterocycles. The first kappa shape index (κ1) is 9.37. The Morgan fingerprint density at radius 1 is 1.70 bits per heavy atom. The monoisotopic (exact) mass is 141 g/mol. The average Bonchev–Trinajstić information content (AvgIpc) is 1.89. The molecule has 0 aliphatic heterocycles. The van der Waals surface area contributed by atoms with Crippen LogP contribution >= 0.6 is 0 Å². The predicted octanol–water partition coefficient (Wildman–Crippen LogP) is 1.26. The average molecular weight is 141 g/mol. The van der Waals surface area contributed by atoms with Crippen LogP contribution in [0.5, 0.6) is 0 Å². The zero-order valence-electron chi connectivity index (χ0n) is 6.47. The number of carbonyl (C=O) groups is 1. The maximum atomic E-state index is 10.3. The van der Waals surface area contributed by atoms with Gasteiger partial charge in [0.2, 0.25) is 0 Å². The summed E-state index contributed by atoms with van der Waals surface area (Å²) in [7, 11) is 0. The van der Waals surface area contributed by atoms with Gasteiger partial charge in [-0.1, -0.05) is 6.08 Å². The van der Waals surface area contributed by atoms with Crippen LogP contribution in [0.3, 0.4) is 0 Å². The first-order valence-corrected chi connectivity index (χ1v) is 3.48. The van der Waals surface area contributed by atoms with Crippen molar-refractivity contribution < 1.29 is 4.79 Å². The Labute approximate surface area is 62.1 Å². The van der Waals surface area contributed by atoms with Crippen molar-refractivity contribution in [3.63, 3.8) is 0 Å². The second kappa shape index (κ2) is 4.23. The summed E-state index contributed by atoms with van der Waals surface area (Å²) in [6.07, 6.45) is 5.25. The summed E-state index contributed by atoms with van der Waals surface area (Å²) in [6.45, 7) is 5.32. The highest BCUT2D eigenvalue weighted by Gasteiger charge is 2.14. The van der Waals surface area contributed by atoms with Crippen molar-refractivity contribution in [1.29, 1.82) is 0 Å². The third-order valence-electron chi connectivity index (χ3n) is 1.39. The van der Waals surface area contributed by atoms with Gasteiger partial charge in [0.15, 0.2) is 0 Å². The summed E-state index contributed by atoms with van der Waals surface area (Å²) in [5.41, 5.74) is 4.92. The van der Waals surface area contributed by atoms with E-state index in [1.807, 2.05) is 6.08 Å². The first-order chi connectivity index (χ1) is 4.62. The van der Waals surface area contributed by atoms with E-state index in [1.54, 1.807) is 6.92 Å². The van der Waals surface area contributed by atoms with Crippen molar-refractivity contribution in [3.05, 3.63) is 12.7 Å². The lowest BCUT2D eigenvalue weighted by molar-refractivity contribution is -0.111. The number of carbonyl (C=O) groups excluding carboxylic acids is 1. The largest absolute Gasteiger partial charge is 0.319 e. The minimum atomic E-state index is -0.636. The molecule has 0 radical (unpaired) electrons. The van der Waals surface area contributed by atoms with Crippen LogP contribution < -0.4 is 5.73 Å². The van der Waals surface area contributed by atoms with E-state index in [0.717, 1.165) is 25.5 Å². The van der Waals surface area contributed by atoms with Crippen LogP contribution in [0.25, 0.3) is 0 Å². The van der Waals surface area contributed by atoms with Crippen LogP contribution in [0.4, 0.5) is 0 Å². The zero-order valence-corrected chi connectivity index (χ0v) is 6.47. The highest BCUT2D eigenvalue weighted by Crippen LogP contribution is 2.07. The molecule has 0 saturated carbocycles. The molecule has 0 aromatic carbocycles. The van der Waals surface area contributed by atoms with Gasteiger partial charge in [-0.2, -0.15) is 0 Å². The molecule has 0 rings (SSSR count). The molecule has 2 heteroatoms. The lowest BCUT2D eigenvalue weighted by Gasteiger charge is -2.15. The van der Waals surface area contributed by atoms with Crippen LogP contribution in [-0.2, 0) is 4.79 Å². The van der Waals surface area contributed by atoms with Crippen LogP contribution in [0.1, 0.15) is 26.2 Å². The van der Waals surface area contributed by atoms with E-state index >= 15 is 0 Å². The summed E-state index contributed by atoms with van der Waals surface area (Å²) >= 11 is 0. The van der Waals surface area contributed by atoms with Crippen molar-refractivity contribution in [2.24, 2.45) is 5.73 Å². The first-order valence-electron chi connectivity index (χ1n) is 3.48. The number of hydrogen-bond acceptors (Lipinski definition) is 2. The molecule has 0 aromatic rings. The molecule has 0 amide bonds. The van der Waals surface area contributed by atoms with Gasteiger partial charge in [-0.3, -0.25) is 0 Å². The molecule has 0 aliphatic rings. The Bertz CT molecular complexity index is 118. The molecule has 0 aliphatic carbocycles. The predicted molar refractivity (Wildman–Crippen MR) is 42.7 cm³/mol. The highest BCUT2D eigenvalue weighted by molar-refractivity contribution is 5.62. The van der Waals surface area contributed by atoms with Crippen molar-refractivity contribution in [1.82, 2.24) is 0 Å². The van der Waals surface area contributed by atoms with E-state index in [1.165, 1.54) is 0 Å². The molecule has 0 spiro atoms. The van der Waals surface area contributed by atoms with Gasteiger partial charge in [0.1, 0.15) is 6.29 Å². The van der Waals surface area contributed by atoms with E-state index in [-0.39, 0.29) is 0 Å². The molecule has 10 heavy (non-hydrogen) atoms. The highest BCUT2D eigenvalue weighted by atomic mass is 16.1. The Morgan fingerprint density at radius 3 is 2.70 bits per heavy atom. The fourth-order valence-corrected chi connectivity index (χ4v) is 0.686. The van der Waals surface area contributed by atoms with Crippen molar-refractivity contribution >= 4 is 6.29 Å². The summed E-state index contributed by atoms with van der Waals surface area (Å²) in [5, 5.41) is 0. The van der Waals surface area contributed by atoms with Gasteiger partial charge < -0.3 is 10.5 Å². The molecule has 0 aromatic heterocycles. The number of unbranched alkanes of at least 4 members (excludes halogenated alkanes) is 1. The van der Waals surface area contributed by atoms with Gasteiger partial charge >= 0.3 is 0 Å². The number of nitrogens with two attached hydrogens (primary N) is 1. The topological polar surface area (TPSA) is 43.1 Å². The number of hydrogen-bond donors (Lipinski definition) is 1. The van der Waals surface area contributed by atoms with E-state index in [0.29, 0.717) is 0 Å². The molecule has 58 valence electrons. The van der Waals surface area contributed by atoms with Crippen LogP contribution in [0.2, 0.25) is 0 Å². The van der Waals surface area contributed by atoms with Gasteiger partial charge in [0, 0.05) is 0 Å². The molecule has 1 atom stereocenters. The van der Waals surface area contributed by atoms with Crippen LogP contribution in [0, 0.1) is 0 Å². The molecule has 0 unspecified atom stereocenters. The summed E-state index contributed by atoms with van der Waals surface area (Å²) in [4.78, 5) is 10.3. The summed E-state index contributed by atoms with van der Waals surface area (Å²) in [5.74, 6) is 0. The third kappa shape index (κ3) is 4.27. The lowest BCUT2D eigenvalue weighted by atomic mass is 9.98. The van der Waals surface area contributed by atoms with E-state index in [2.05, 4.69) is 6.58 Å². The zero-order chi connectivity index (χ0) is 8.04. The number of aldehydes is 1. The van der Waals surface area contributed by atoms with Gasteiger partial charge in [-0.25, -0.2) is 0 Å². The second-order valence-corrected chi connectivity index (χ2v) is 2.80. The Kier molecular flexibility index (Phi) is 3.96. The minimum absolute atomic E-state index is 0.636. The summed E-state index contributed by atoms with van der Waals surface area (Å²) < 4.78 is 0. The van der Waals surface area contributed by atoms with Crippen LogP contribution in [-0.4, -0.2) is 11.8 Å². The third-order valence-corrected chi connectivity index (χ3v) is 1.39. The molecule has 2 nitrogen and oxygen atoms in total. The minimum Gasteiger partial charge on any atom is -0.319 e. The fraction of sp³-hybridized carbons (Fsp3) is 0.625. The second-order valence-electron chi connectivity index (χ2n) is 2.80. The SMILES string of the molecule is C=CCCC[C@](C)(N)C=O. The maximum Gasteiger partial charge on any atom is 0.139 e. The smallest absolute Gasteiger partial charge is 0.139 e. The molecular formula is C8H15NO. The molecule has 2 N–H and O–H groups in total. The van der Waals surface area contributed by atoms with Crippen LogP contribution in [0.15, 0.2) is 12.7 Å².